The molecule has 0 saturated carbocycles. The van der Waals surface area contributed by atoms with Gasteiger partial charge in [-0.2, -0.15) is 0 Å². The van der Waals surface area contributed by atoms with Crippen molar-refractivity contribution in [2.24, 2.45) is 5.41 Å². The Morgan fingerprint density at radius 1 is 1.00 bits per heavy atom. The van der Waals surface area contributed by atoms with Crippen LogP contribution in [-0.2, 0) is 19.1 Å². The Kier molecular flexibility index (Phi) is 8.05. The molecule has 0 radical (unpaired) electrons. The van der Waals surface area contributed by atoms with Crippen LogP contribution in [0.4, 0.5) is 0 Å². The van der Waals surface area contributed by atoms with E-state index in [0.717, 1.165) is 11.1 Å². The van der Waals surface area contributed by atoms with Crippen LogP contribution < -0.4 is 5.32 Å². The molecule has 1 saturated heterocycles. The van der Waals surface area contributed by atoms with Crippen molar-refractivity contribution in [2.75, 3.05) is 6.61 Å². The van der Waals surface area contributed by atoms with Crippen LogP contribution in [0, 0.1) is 5.41 Å². The first-order valence-corrected chi connectivity index (χ1v) is 11.5. The summed E-state index contributed by atoms with van der Waals surface area (Å²) < 4.78 is 11.6. The minimum absolute atomic E-state index is 0.0320. The van der Waals surface area contributed by atoms with Crippen molar-refractivity contribution in [2.45, 2.75) is 71.0 Å². The zero-order valence-electron chi connectivity index (χ0n) is 19.9. The highest BCUT2D eigenvalue weighted by molar-refractivity contribution is 5.84. The molecule has 1 fully saturated rings. The molecule has 1 aliphatic heterocycles. The van der Waals surface area contributed by atoms with Gasteiger partial charge in [0.1, 0.15) is 12.2 Å². The van der Waals surface area contributed by atoms with Crippen LogP contribution in [0.3, 0.4) is 0 Å². The first-order valence-electron chi connectivity index (χ1n) is 11.5. The molecule has 33 heavy (non-hydrogen) atoms. The van der Waals surface area contributed by atoms with Gasteiger partial charge in [-0.3, -0.25) is 9.59 Å². The Bertz CT molecular complexity index is 887. The van der Waals surface area contributed by atoms with Gasteiger partial charge in [0.05, 0.1) is 12.6 Å². The van der Waals surface area contributed by atoms with Crippen LogP contribution in [0.25, 0.3) is 0 Å². The van der Waals surface area contributed by atoms with Gasteiger partial charge >= 0.3 is 0 Å². The molecule has 2 aromatic carbocycles. The van der Waals surface area contributed by atoms with Crippen LogP contribution in [0.2, 0.25) is 0 Å². The third-order valence-corrected chi connectivity index (χ3v) is 5.95. The first-order chi connectivity index (χ1) is 15.6. The van der Waals surface area contributed by atoms with Gasteiger partial charge < -0.3 is 19.9 Å². The van der Waals surface area contributed by atoms with Crippen LogP contribution in [-0.4, -0.2) is 41.4 Å². The normalized spacial score (nSPS) is 20.2. The third kappa shape index (κ3) is 6.73. The van der Waals surface area contributed by atoms with Gasteiger partial charge in [0.25, 0.3) is 0 Å². The van der Waals surface area contributed by atoms with Gasteiger partial charge in [0.15, 0.2) is 11.6 Å². The van der Waals surface area contributed by atoms with Gasteiger partial charge in [-0.25, -0.2) is 0 Å². The summed E-state index contributed by atoms with van der Waals surface area (Å²) in [6.07, 6.45) is -0.956. The lowest BCUT2D eigenvalue weighted by Gasteiger charge is -2.45. The van der Waals surface area contributed by atoms with E-state index >= 15 is 0 Å². The number of hydrogen-bond donors (Lipinski definition) is 2. The molecule has 1 aliphatic rings. The number of nitrogens with one attached hydrogen (secondary N) is 1. The van der Waals surface area contributed by atoms with Crippen molar-refractivity contribution >= 4 is 11.7 Å². The number of Topliss-reactive ketones (excluding diaryl/α,β-unsaturated/α-hetero) is 1. The summed E-state index contributed by atoms with van der Waals surface area (Å²) in [6.45, 7) is 7.92. The minimum atomic E-state index is -1.20. The predicted molar refractivity (Wildman–Crippen MR) is 126 cm³/mol. The molecule has 2 aromatic rings. The van der Waals surface area contributed by atoms with E-state index in [1.807, 2.05) is 74.5 Å². The van der Waals surface area contributed by atoms with Crippen molar-refractivity contribution in [3.63, 3.8) is 0 Å². The molecule has 6 heteroatoms. The SMILES string of the molecule is CC1(C)OCC(C)(C)[C@H](C(=O)CCCC(O)C(=O)NC(c2ccccc2)c2ccccc2)O1. The summed E-state index contributed by atoms with van der Waals surface area (Å²) in [5, 5.41) is 13.5. The minimum Gasteiger partial charge on any atom is -0.383 e. The molecule has 178 valence electrons. The molecule has 1 unspecified atom stereocenters. The summed E-state index contributed by atoms with van der Waals surface area (Å²) >= 11 is 0. The second kappa shape index (κ2) is 10.6. The largest absolute Gasteiger partial charge is 0.383 e. The fraction of sp³-hybridized carbons (Fsp3) is 0.481. The monoisotopic (exact) mass is 453 g/mol. The van der Waals surface area contributed by atoms with E-state index in [1.54, 1.807) is 13.8 Å². The van der Waals surface area contributed by atoms with Crippen LogP contribution in [0.1, 0.15) is 64.1 Å². The summed E-state index contributed by atoms with van der Waals surface area (Å²) in [5.74, 6) is -1.29. The van der Waals surface area contributed by atoms with E-state index in [-0.39, 0.29) is 24.7 Å². The van der Waals surface area contributed by atoms with Crippen molar-refractivity contribution in [3.05, 3.63) is 71.8 Å². The van der Waals surface area contributed by atoms with Crippen molar-refractivity contribution in [3.8, 4) is 0 Å². The lowest BCUT2D eigenvalue weighted by atomic mass is 9.82. The van der Waals surface area contributed by atoms with Gasteiger partial charge in [-0.15, -0.1) is 0 Å². The number of carbonyl (C=O) groups excluding carboxylic acids is 2. The van der Waals surface area contributed by atoms with Crippen molar-refractivity contribution in [1.82, 2.24) is 5.32 Å². The van der Waals surface area contributed by atoms with E-state index in [1.165, 1.54) is 0 Å². The maximum atomic E-state index is 12.8. The molecule has 2 N–H and O–H groups in total. The Morgan fingerprint density at radius 3 is 2.09 bits per heavy atom. The molecule has 1 heterocycles. The Balaban J connectivity index is 1.57. The zero-order valence-corrected chi connectivity index (χ0v) is 19.9. The number of hydrogen-bond acceptors (Lipinski definition) is 5. The number of aliphatic hydroxyl groups excluding tert-OH is 1. The summed E-state index contributed by atoms with van der Waals surface area (Å²) in [5.41, 5.74) is 1.43. The molecule has 0 aliphatic carbocycles. The first kappa shape index (κ1) is 25.1. The maximum Gasteiger partial charge on any atom is 0.249 e. The number of aliphatic hydroxyl groups is 1. The van der Waals surface area contributed by atoms with E-state index in [4.69, 9.17) is 9.47 Å². The average molecular weight is 454 g/mol. The molecule has 0 bridgehead atoms. The molecule has 3 rings (SSSR count). The number of benzene rings is 2. The van der Waals surface area contributed by atoms with Crippen LogP contribution >= 0.6 is 0 Å². The van der Waals surface area contributed by atoms with Gasteiger partial charge in [-0.05, 0) is 37.8 Å². The fourth-order valence-corrected chi connectivity index (χ4v) is 4.03. The van der Waals surface area contributed by atoms with E-state index in [0.29, 0.717) is 13.0 Å². The highest BCUT2D eigenvalue weighted by atomic mass is 16.7. The lowest BCUT2D eigenvalue weighted by Crippen LogP contribution is -2.53. The fourth-order valence-electron chi connectivity index (χ4n) is 4.03. The van der Waals surface area contributed by atoms with E-state index in [2.05, 4.69) is 5.32 Å². The standard InChI is InChI=1S/C27H35NO5/c1-26(2)18-32-27(3,4)33-24(26)21(29)16-11-17-22(30)25(31)28-23(19-12-7-5-8-13-19)20-14-9-6-10-15-20/h5-10,12-15,22-24,30H,11,16-18H2,1-4H3,(H,28,31)/t22?,24-/m0/s1. The quantitative estimate of drug-likeness (QED) is 0.595. The second-order valence-electron chi connectivity index (χ2n) is 9.81. The Labute approximate surface area is 196 Å². The van der Waals surface area contributed by atoms with Crippen LogP contribution in [0.15, 0.2) is 60.7 Å². The van der Waals surface area contributed by atoms with Crippen molar-refractivity contribution in [1.29, 1.82) is 0 Å². The topological polar surface area (TPSA) is 84.9 Å². The highest BCUT2D eigenvalue weighted by Crippen LogP contribution is 2.36. The molecule has 2 atom stereocenters. The van der Waals surface area contributed by atoms with Gasteiger partial charge in [0, 0.05) is 11.8 Å². The smallest absolute Gasteiger partial charge is 0.249 e. The zero-order chi connectivity index (χ0) is 24.1. The molecule has 0 spiro atoms. The molecular weight excluding hydrogens is 418 g/mol. The van der Waals surface area contributed by atoms with Crippen LogP contribution in [0.5, 0.6) is 0 Å². The third-order valence-electron chi connectivity index (χ3n) is 5.95. The lowest BCUT2D eigenvalue weighted by molar-refractivity contribution is -0.303. The number of rotatable bonds is 9. The number of ether oxygens (including phenoxy) is 2. The summed E-state index contributed by atoms with van der Waals surface area (Å²) in [7, 11) is 0. The van der Waals surface area contributed by atoms with E-state index in [9.17, 15) is 14.7 Å². The molecule has 0 aromatic heterocycles. The number of amides is 1. The summed E-state index contributed by atoms with van der Waals surface area (Å²) in [6, 6.07) is 18.9. The predicted octanol–water partition coefficient (Wildman–Crippen LogP) is 4.17. The second-order valence-corrected chi connectivity index (χ2v) is 9.81. The Morgan fingerprint density at radius 2 is 1.55 bits per heavy atom. The molecule has 1 amide bonds. The van der Waals surface area contributed by atoms with Gasteiger partial charge in [0.2, 0.25) is 5.91 Å². The van der Waals surface area contributed by atoms with Gasteiger partial charge in [-0.1, -0.05) is 74.5 Å². The number of carbonyl (C=O) groups is 2. The van der Waals surface area contributed by atoms with E-state index < -0.39 is 29.3 Å². The summed E-state index contributed by atoms with van der Waals surface area (Å²) in [4.78, 5) is 25.6. The molecular formula is C27H35NO5. The number of ketones is 1. The Hall–Kier alpha value is -2.54. The molecule has 6 nitrogen and oxygen atoms in total. The van der Waals surface area contributed by atoms with Crippen molar-refractivity contribution < 1.29 is 24.2 Å². The maximum absolute atomic E-state index is 12.8. The highest BCUT2D eigenvalue weighted by Gasteiger charge is 2.45. The average Bonchev–Trinajstić information content (AvgIpc) is 2.80.